The van der Waals surface area contributed by atoms with E-state index in [1.165, 1.54) is 0 Å². The zero-order valence-corrected chi connectivity index (χ0v) is 14.9. The third-order valence-corrected chi connectivity index (χ3v) is 4.17. The van der Waals surface area contributed by atoms with E-state index >= 15 is 0 Å². The van der Waals surface area contributed by atoms with Crippen LogP contribution in [0.25, 0.3) is 5.70 Å². The van der Waals surface area contributed by atoms with Crippen LogP contribution >= 0.6 is 0 Å². The van der Waals surface area contributed by atoms with E-state index in [9.17, 15) is 0 Å². The lowest BCUT2D eigenvalue weighted by Crippen LogP contribution is -2.40. The fourth-order valence-corrected chi connectivity index (χ4v) is 2.75. The van der Waals surface area contributed by atoms with Crippen molar-refractivity contribution in [2.24, 2.45) is 5.73 Å². The first-order valence-electron chi connectivity index (χ1n) is 8.86. The van der Waals surface area contributed by atoms with E-state index in [0.29, 0.717) is 0 Å². The molecule has 2 nitrogen and oxygen atoms in total. The molecule has 1 unspecified atom stereocenters. The number of allylic oxidation sites excluding steroid dienone is 4. The molecule has 0 aromatic heterocycles. The summed E-state index contributed by atoms with van der Waals surface area (Å²) in [6, 6.07) is 8.27. The summed E-state index contributed by atoms with van der Waals surface area (Å²) in [6.07, 6.45) is 10.6. The van der Waals surface area contributed by atoms with E-state index in [4.69, 9.17) is 5.73 Å². The highest BCUT2D eigenvalue weighted by Gasteiger charge is 2.15. The van der Waals surface area contributed by atoms with Crippen LogP contribution in [0.3, 0.4) is 0 Å². The second-order valence-corrected chi connectivity index (χ2v) is 6.09. The van der Waals surface area contributed by atoms with Gasteiger partial charge in [-0.25, -0.2) is 0 Å². The minimum absolute atomic E-state index is 0.00437. The Labute approximate surface area is 146 Å². The number of nitrogens with zero attached hydrogens (tertiary/aromatic N) is 1. The number of rotatable bonds is 6. The minimum atomic E-state index is 0.00437. The van der Waals surface area contributed by atoms with Crippen molar-refractivity contribution < 1.29 is 0 Å². The van der Waals surface area contributed by atoms with E-state index in [1.807, 2.05) is 12.1 Å². The standard InChI is InChI=1S/C22H28N2/c1-4-16-24(22(23)5-2)18(3)21-13-9-12-20(17-21)15-14-19-10-7-6-8-11-19/h7,9-13,17,22H,3-6,8,16,23H2,1-2H3. The SMILES string of the molecule is C=C(c1cccc(C#CC2=CCCC=C2)c1)N(CCC)C(N)CC. The molecule has 0 amide bonds. The first-order chi connectivity index (χ1) is 11.7. The highest BCUT2D eigenvalue weighted by Crippen LogP contribution is 2.21. The summed E-state index contributed by atoms with van der Waals surface area (Å²) in [5.41, 5.74) is 10.4. The van der Waals surface area contributed by atoms with Gasteiger partial charge < -0.3 is 10.6 Å². The maximum Gasteiger partial charge on any atom is 0.0768 e. The zero-order chi connectivity index (χ0) is 17.4. The molecule has 0 heterocycles. The molecule has 24 heavy (non-hydrogen) atoms. The minimum Gasteiger partial charge on any atom is -0.356 e. The second-order valence-electron chi connectivity index (χ2n) is 6.09. The third-order valence-electron chi connectivity index (χ3n) is 4.17. The smallest absolute Gasteiger partial charge is 0.0768 e. The molecule has 1 aliphatic rings. The Morgan fingerprint density at radius 2 is 2.12 bits per heavy atom. The van der Waals surface area contributed by atoms with E-state index in [1.54, 1.807) is 0 Å². The number of benzene rings is 1. The van der Waals surface area contributed by atoms with Gasteiger partial charge in [-0.3, -0.25) is 0 Å². The number of nitrogens with two attached hydrogens (primary N) is 1. The lowest BCUT2D eigenvalue weighted by Gasteiger charge is -2.32. The monoisotopic (exact) mass is 320 g/mol. The van der Waals surface area contributed by atoms with Gasteiger partial charge in [0.05, 0.1) is 6.17 Å². The van der Waals surface area contributed by atoms with Crippen molar-refractivity contribution in [2.45, 2.75) is 45.7 Å². The Morgan fingerprint density at radius 3 is 2.79 bits per heavy atom. The molecule has 0 spiro atoms. The molecule has 2 rings (SSSR count). The average molecular weight is 320 g/mol. The van der Waals surface area contributed by atoms with Gasteiger partial charge in [0.1, 0.15) is 0 Å². The summed E-state index contributed by atoms with van der Waals surface area (Å²) >= 11 is 0. The molecule has 126 valence electrons. The van der Waals surface area contributed by atoms with Crippen molar-refractivity contribution in [3.63, 3.8) is 0 Å². The van der Waals surface area contributed by atoms with Crippen LogP contribution in [-0.2, 0) is 0 Å². The van der Waals surface area contributed by atoms with Crippen molar-refractivity contribution in [2.75, 3.05) is 6.54 Å². The fourth-order valence-electron chi connectivity index (χ4n) is 2.75. The second kappa shape index (κ2) is 9.15. The van der Waals surface area contributed by atoms with Gasteiger partial charge in [0, 0.05) is 23.4 Å². The molecule has 0 aliphatic heterocycles. The fraction of sp³-hybridized carbons (Fsp3) is 0.364. The predicted molar refractivity (Wildman–Crippen MR) is 104 cm³/mol. The van der Waals surface area contributed by atoms with Crippen LogP contribution in [-0.4, -0.2) is 17.6 Å². The van der Waals surface area contributed by atoms with Crippen molar-refractivity contribution in [3.8, 4) is 11.8 Å². The van der Waals surface area contributed by atoms with Gasteiger partial charge in [-0.2, -0.15) is 0 Å². The van der Waals surface area contributed by atoms with Crippen molar-refractivity contribution in [1.82, 2.24) is 4.90 Å². The van der Waals surface area contributed by atoms with Gasteiger partial charge >= 0.3 is 0 Å². The average Bonchev–Trinajstić information content (AvgIpc) is 2.64. The molecule has 2 N–H and O–H groups in total. The molecule has 0 saturated heterocycles. The van der Waals surface area contributed by atoms with Gasteiger partial charge in [0.15, 0.2) is 0 Å². The summed E-state index contributed by atoms with van der Waals surface area (Å²) in [6.45, 7) is 9.47. The summed E-state index contributed by atoms with van der Waals surface area (Å²) in [5.74, 6) is 6.51. The maximum atomic E-state index is 6.26. The van der Waals surface area contributed by atoms with E-state index < -0.39 is 0 Å². The Morgan fingerprint density at radius 1 is 1.29 bits per heavy atom. The Bertz CT molecular complexity index is 685. The van der Waals surface area contributed by atoms with Crippen LogP contribution in [0.15, 0.2) is 54.6 Å². The first kappa shape index (κ1) is 18.1. The molecule has 0 radical (unpaired) electrons. The van der Waals surface area contributed by atoms with Crippen LogP contribution in [0, 0.1) is 11.8 Å². The highest BCUT2D eigenvalue weighted by molar-refractivity contribution is 5.64. The van der Waals surface area contributed by atoms with Crippen molar-refractivity contribution >= 4 is 5.70 Å². The molecular formula is C22H28N2. The molecule has 0 saturated carbocycles. The van der Waals surface area contributed by atoms with Gasteiger partial charge in [-0.1, -0.05) is 62.6 Å². The normalized spacial score (nSPS) is 14.4. The first-order valence-corrected chi connectivity index (χ1v) is 8.86. The van der Waals surface area contributed by atoms with E-state index in [-0.39, 0.29) is 6.17 Å². The molecule has 1 atom stereocenters. The molecule has 1 aromatic rings. The van der Waals surface area contributed by atoms with Gasteiger partial charge in [-0.05, 0) is 43.4 Å². The number of hydrogen-bond acceptors (Lipinski definition) is 2. The van der Waals surface area contributed by atoms with Crippen molar-refractivity contribution in [3.05, 3.63) is 65.8 Å². The van der Waals surface area contributed by atoms with Gasteiger partial charge in [0.2, 0.25) is 0 Å². The molecule has 1 aliphatic carbocycles. The maximum absolute atomic E-state index is 6.26. The molecular weight excluding hydrogens is 292 g/mol. The van der Waals surface area contributed by atoms with Crippen LogP contribution in [0.4, 0.5) is 0 Å². The van der Waals surface area contributed by atoms with E-state index in [0.717, 1.165) is 54.6 Å². The highest BCUT2D eigenvalue weighted by atomic mass is 15.2. The van der Waals surface area contributed by atoms with Crippen LogP contribution in [0.1, 0.15) is 50.7 Å². The van der Waals surface area contributed by atoms with Crippen molar-refractivity contribution in [1.29, 1.82) is 0 Å². The van der Waals surface area contributed by atoms with E-state index in [2.05, 4.69) is 67.5 Å². The molecule has 2 heteroatoms. The number of hydrogen-bond donors (Lipinski definition) is 1. The van der Waals surface area contributed by atoms with Crippen LogP contribution in [0.5, 0.6) is 0 Å². The van der Waals surface area contributed by atoms with Gasteiger partial charge in [-0.15, -0.1) is 0 Å². The van der Waals surface area contributed by atoms with Gasteiger partial charge in [0.25, 0.3) is 0 Å². The zero-order valence-electron chi connectivity index (χ0n) is 14.9. The molecule has 0 bridgehead atoms. The lowest BCUT2D eigenvalue weighted by molar-refractivity contribution is 0.292. The third kappa shape index (κ3) is 4.88. The largest absolute Gasteiger partial charge is 0.356 e. The van der Waals surface area contributed by atoms with Crippen LogP contribution < -0.4 is 5.73 Å². The topological polar surface area (TPSA) is 29.3 Å². The Kier molecular flexibility index (Phi) is 6.90. The lowest BCUT2D eigenvalue weighted by atomic mass is 10.1. The van der Waals surface area contributed by atoms with Crippen LogP contribution in [0.2, 0.25) is 0 Å². The summed E-state index contributed by atoms with van der Waals surface area (Å²) in [7, 11) is 0. The Balaban J connectivity index is 2.19. The predicted octanol–water partition coefficient (Wildman–Crippen LogP) is 4.69. The summed E-state index contributed by atoms with van der Waals surface area (Å²) in [4.78, 5) is 2.19. The quantitative estimate of drug-likeness (QED) is 0.608. The molecule has 1 aromatic carbocycles. The Hall–Kier alpha value is -2.24. The summed E-state index contributed by atoms with van der Waals surface area (Å²) < 4.78 is 0. The summed E-state index contributed by atoms with van der Waals surface area (Å²) in [5, 5.41) is 0. The molecule has 0 fully saturated rings.